The molecule has 7 heteroatoms. The Morgan fingerprint density at radius 2 is 1.69 bits per heavy atom. The Hall–Kier alpha value is -2.48. The van der Waals surface area contributed by atoms with Gasteiger partial charge in [-0.15, -0.1) is 0 Å². The molecule has 0 heterocycles. The van der Waals surface area contributed by atoms with Crippen LogP contribution in [-0.4, -0.2) is 34.0 Å². The molecule has 1 atom stereocenters. The fraction of sp³-hybridized carbons (Fsp3) is 0.318. The van der Waals surface area contributed by atoms with Crippen molar-refractivity contribution in [2.24, 2.45) is 5.14 Å². The van der Waals surface area contributed by atoms with Gasteiger partial charge in [-0.2, -0.15) is 0 Å². The van der Waals surface area contributed by atoms with Crippen LogP contribution >= 0.6 is 0 Å². The highest BCUT2D eigenvalue weighted by Crippen LogP contribution is 2.19. The Morgan fingerprint density at radius 1 is 1.03 bits per heavy atom. The number of nitrogens with two attached hydrogens (primary N) is 1. The molecule has 0 spiro atoms. The van der Waals surface area contributed by atoms with Crippen LogP contribution in [0.1, 0.15) is 22.3 Å². The largest absolute Gasteiger partial charge is 0.354 e. The minimum absolute atomic E-state index is 0.0497. The summed E-state index contributed by atoms with van der Waals surface area (Å²) in [5.74, 6) is -0.0497. The monoisotopic (exact) mass is 413 g/mol. The Balaban J connectivity index is 1.52. The normalized spacial score (nSPS) is 14.3. The van der Waals surface area contributed by atoms with E-state index in [0.717, 1.165) is 24.0 Å². The molecule has 0 bridgehead atoms. The highest BCUT2D eigenvalue weighted by molar-refractivity contribution is 7.89. The number of carbonyl (C=O) groups excluding carboxylic acids is 1. The van der Waals surface area contributed by atoms with Crippen molar-refractivity contribution in [3.05, 3.63) is 76.9 Å². The SMILES string of the molecule is CN[C@@H](Cc1ccc2c(c1)CC=CC2)C(=O)NCCc1ccc(S(N)(=O)=O)cc1. The van der Waals surface area contributed by atoms with Gasteiger partial charge in [0.1, 0.15) is 0 Å². The van der Waals surface area contributed by atoms with Crippen LogP contribution < -0.4 is 15.8 Å². The van der Waals surface area contributed by atoms with Crippen molar-refractivity contribution in [3.63, 3.8) is 0 Å². The number of nitrogens with one attached hydrogen (secondary N) is 2. The van der Waals surface area contributed by atoms with Gasteiger partial charge in [-0.1, -0.05) is 42.5 Å². The first-order valence-electron chi connectivity index (χ1n) is 9.69. The van der Waals surface area contributed by atoms with Gasteiger partial charge in [0.25, 0.3) is 0 Å². The van der Waals surface area contributed by atoms with Crippen LogP contribution in [0.25, 0.3) is 0 Å². The van der Waals surface area contributed by atoms with Crippen molar-refractivity contribution in [1.29, 1.82) is 0 Å². The van der Waals surface area contributed by atoms with E-state index < -0.39 is 10.0 Å². The summed E-state index contributed by atoms with van der Waals surface area (Å²) >= 11 is 0. The average molecular weight is 414 g/mol. The van der Waals surface area contributed by atoms with E-state index in [9.17, 15) is 13.2 Å². The lowest BCUT2D eigenvalue weighted by atomic mass is 9.93. The molecule has 3 rings (SSSR count). The highest BCUT2D eigenvalue weighted by Gasteiger charge is 2.17. The maximum absolute atomic E-state index is 12.6. The quantitative estimate of drug-likeness (QED) is 0.571. The number of allylic oxidation sites excluding steroid dienone is 2. The number of sulfonamides is 1. The van der Waals surface area contributed by atoms with E-state index in [4.69, 9.17) is 5.14 Å². The molecule has 0 radical (unpaired) electrons. The number of benzene rings is 2. The molecule has 0 saturated carbocycles. The summed E-state index contributed by atoms with van der Waals surface area (Å²) in [5.41, 5.74) is 4.77. The van der Waals surface area contributed by atoms with Gasteiger partial charge in [-0.05, 0) is 67.1 Å². The van der Waals surface area contributed by atoms with Gasteiger partial charge < -0.3 is 10.6 Å². The molecule has 29 heavy (non-hydrogen) atoms. The zero-order valence-electron chi connectivity index (χ0n) is 16.5. The standard InChI is InChI=1S/C22H27N3O3S/c1-24-21(15-17-6-9-18-4-2-3-5-19(18)14-17)22(26)25-13-12-16-7-10-20(11-8-16)29(23,27)28/h2-3,6-11,14,21,24H,4-5,12-13,15H2,1H3,(H,25,26)(H2,23,27,28)/t21-/m0/s1. The second kappa shape index (κ2) is 9.35. The second-order valence-corrected chi connectivity index (χ2v) is 8.82. The number of fused-ring (bicyclic) bond motifs is 1. The minimum atomic E-state index is -3.69. The van der Waals surface area contributed by atoms with Crippen LogP contribution in [0.15, 0.2) is 59.5 Å². The molecular formula is C22H27N3O3S. The van der Waals surface area contributed by atoms with Crippen LogP contribution in [-0.2, 0) is 40.5 Å². The van der Waals surface area contributed by atoms with Crippen molar-refractivity contribution in [1.82, 2.24) is 10.6 Å². The predicted octanol–water partition coefficient (Wildman–Crippen LogP) is 1.48. The van der Waals surface area contributed by atoms with E-state index in [-0.39, 0.29) is 16.8 Å². The van der Waals surface area contributed by atoms with Crippen LogP contribution in [0.2, 0.25) is 0 Å². The first-order valence-corrected chi connectivity index (χ1v) is 11.2. The van der Waals surface area contributed by atoms with E-state index in [1.165, 1.54) is 23.3 Å². The molecule has 0 aliphatic heterocycles. The molecule has 1 aliphatic rings. The van der Waals surface area contributed by atoms with E-state index >= 15 is 0 Å². The summed E-state index contributed by atoms with van der Waals surface area (Å²) in [7, 11) is -1.90. The van der Waals surface area contributed by atoms with Crippen molar-refractivity contribution >= 4 is 15.9 Å². The summed E-state index contributed by atoms with van der Waals surface area (Å²) in [6, 6.07) is 12.5. The number of hydrogen-bond donors (Lipinski definition) is 3. The van der Waals surface area contributed by atoms with E-state index in [1.807, 2.05) is 0 Å². The number of amides is 1. The number of hydrogen-bond acceptors (Lipinski definition) is 4. The Bertz CT molecular complexity index is 998. The summed E-state index contributed by atoms with van der Waals surface area (Å²) in [5, 5.41) is 11.2. The molecular weight excluding hydrogens is 386 g/mol. The molecule has 0 saturated heterocycles. The zero-order chi connectivity index (χ0) is 20.9. The molecule has 0 unspecified atom stereocenters. The van der Waals surface area contributed by atoms with E-state index in [0.29, 0.717) is 19.4 Å². The maximum Gasteiger partial charge on any atom is 0.238 e. The van der Waals surface area contributed by atoms with Gasteiger partial charge in [-0.25, -0.2) is 13.6 Å². The van der Waals surface area contributed by atoms with Gasteiger partial charge >= 0.3 is 0 Å². The second-order valence-electron chi connectivity index (χ2n) is 7.26. The van der Waals surface area contributed by atoms with E-state index in [2.05, 4.69) is 41.0 Å². The molecule has 1 aliphatic carbocycles. The fourth-order valence-corrected chi connectivity index (χ4v) is 3.99. The third-order valence-corrected chi connectivity index (χ3v) is 6.11. The zero-order valence-corrected chi connectivity index (χ0v) is 17.3. The fourth-order valence-electron chi connectivity index (χ4n) is 3.48. The number of carbonyl (C=O) groups is 1. The summed E-state index contributed by atoms with van der Waals surface area (Å²) in [4.78, 5) is 12.6. The van der Waals surface area contributed by atoms with Gasteiger partial charge in [0.2, 0.25) is 15.9 Å². The Morgan fingerprint density at radius 3 is 2.34 bits per heavy atom. The maximum atomic E-state index is 12.6. The highest BCUT2D eigenvalue weighted by atomic mass is 32.2. The van der Waals surface area contributed by atoms with Gasteiger partial charge in [-0.3, -0.25) is 4.79 Å². The Kier molecular flexibility index (Phi) is 6.84. The lowest BCUT2D eigenvalue weighted by Crippen LogP contribution is -2.44. The third-order valence-electron chi connectivity index (χ3n) is 5.18. The van der Waals surface area contributed by atoms with Crippen molar-refractivity contribution in [2.75, 3.05) is 13.6 Å². The van der Waals surface area contributed by atoms with Crippen LogP contribution in [0.3, 0.4) is 0 Å². The molecule has 0 fully saturated rings. The number of rotatable bonds is 8. The minimum Gasteiger partial charge on any atom is -0.354 e. The van der Waals surface area contributed by atoms with Crippen LogP contribution in [0, 0.1) is 0 Å². The molecule has 6 nitrogen and oxygen atoms in total. The first-order chi connectivity index (χ1) is 13.9. The first kappa shape index (κ1) is 21.2. The summed E-state index contributed by atoms with van der Waals surface area (Å²) < 4.78 is 22.6. The summed E-state index contributed by atoms with van der Waals surface area (Å²) in [6.45, 7) is 0.473. The Labute approximate surface area is 172 Å². The molecule has 2 aromatic rings. The van der Waals surface area contributed by atoms with Crippen molar-refractivity contribution in [3.8, 4) is 0 Å². The van der Waals surface area contributed by atoms with Crippen molar-refractivity contribution < 1.29 is 13.2 Å². The third kappa shape index (κ3) is 5.76. The predicted molar refractivity (Wildman–Crippen MR) is 114 cm³/mol. The lowest BCUT2D eigenvalue weighted by Gasteiger charge is -2.18. The van der Waals surface area contributed by atoms with E-state index in [1.54, 1.807) is 19.2 Å². The average Bonchev–Trinajstić information content (AvgIpc) is 2.71. The lowest BCUT2D eigenvalue weighted by molar-refractivity contribution is -0.122. The molecule has 154 valence electrons. The molecule has 4 N–H and O–H groups in total. The number of likely N-dealkylation sites (N-methyl/N-ethyl adjacent to an activating group) is 1. The van der Waals surface area contributed by atoms with Gasteiger partial charge in [0.05, 0.1) is 10.9 Å². The molecule has 2 aromatic carbocycles. The van der Waals surface area contributed by atoms with Crippen LogP contribution in [0.4, 0.5) is 0 Å². The van der Waals surface area contributed by atoms with Gasteiger partial charge in [0.15, 0.2) is 0 Å². The van der Waals surface area contributed by atoms with Crippen molar-refractivity contribution in [2.45, 2.75) is 36.6 Å². The smallest absolute Gasteiger partial charge is 0.238 e. The topological polar surface area (TPSA) is 101 Å². The van der Waals surface area contributed by atoms with Gasteiger partial charge in [0, 0.05) is 6.54 Å². The van der Waals surface area contributed by atoms with Crippen LogP contribution in [0.5, 0.6) is 0 Å². The summed E-state index contributed by atoms with van der Waals surface area (Å²) in [6.07, 6.45) is 7.53. The molecule has 1 amide bonds. The molecule has 0 aromatic heterocycles. The number of primary sulfonamides is 1.